The molecule has 0 bridgehead atoms. The molecule has 1 saturated carbocycles. The van der Waals surface area contributed by atoms with Crippen LogP contribution in [0.4, 0.5) is 5.69 Å². The third-order valence-corrected chi connectivity index (χ3v) is 3.44. The maximum absolute atomic E-state index is 11.2. The van der Waals surface area contributed by atoms with Gasteiger partial charge in [-0.25, -0.2) is 0 Å². The Kier molecular flexibility index (Phi) is 2.26. The molecule has 3 rings (SSSR count). The summed E-state index contributed by atoms with van der Waals surface area (Å²) in [6, 6.07) is 4.51. The highest BCUT2D eigenvalue weighted by molar-refractivity contribution is 5.79. The first-order valence-corrected chi connectivity index (χ1v) is 5.84. The topological polar surface area (TPSA) is 84.9 Å². The molecule has 1 aliphatic heterocycles. The Bertz CT molecular complexity index is 656. The third kappa shape index (κ3) is 1.70. The van der Waals surface area contributed by atoms with Gasteiger partial charge in [-0.2, -0.15) is 0 Å². The largest absolute Gasteiger partial charge is 0.300 e. The summed E-state index contributed by atoms with van der Waals surface area (Å²) in [5.74, 6) is 0.243. The van der Waals surface area contributed by atoms with Crippen molar-refractivity contribution in [3.05, 3.63) is 39.0 Å². The maximum Gasteiger partial charge on any atom is 0.271 e. The van der Waals surface area contributed by atoms with Gasteiger partial charge in [0.1, 0.15) is 5.78 Å². The van der Waals surface area contributed by atoms with E-state index in [9.17, 15) is 14.9 Å². The zero-order valence-electron chi connectivity index (χ0n) is 9.63. The number of ketones is 1. The number of nitro groups is 1. The molecule has 0 unspecified atom stereocenters. The number of nitrogens with zero attached hydrogens (tertiary/aromatic N) is 3. The second-order valence-corrected chi connectivity index (χ2v) is 4.67. The first kappa shape index (κ1) is 11.0. The lowest BCUT2D eigenvalue weighted by Gasteiger charge is -2.26. The van der Waals surface area contributed by atoms with Gasteiger partial charge in [0.25, 0.3) is 5.69 Å². The van der Waals surface area contributed by atoms with Crippen LogP contribution < -0.4 is 10.7 Å². The van der Waals surface area contributed by atoms with E-state index in [0.717, 1.165) is 0 Å². The van der Waals surface area contributed by atoms with E-state index in [0.29, 0.717) is 36.4 Å². The predicted octanol–water partition coefficient (Wildman–Crippen LogP) is 0.687. The molecular formula is C12H11N3O3. The highest BCUT2D eigenvalue weighted by Crippen LogP contribution is 2.31. The molecule has 1 aliphatic carbocycles. The van der Waals surface area contributed by atoms with Crippen LogP contribution in [0.3, 0.4) is 0 Å². The fraction of sp³-hybridized carbons (Fsp3) is 0.417. The van der Waals surface area contributed by atoms with Gasteiger partial charge < -0.3 is 0 Å². The molecule has 0 amide bonds. The van der Waals surface area contributed by atoms with Crippen molar-refractivity contribution in [2.75, 3.05) is 0 Å². The number of Topliss-reactive ketones (excluding diaryl/α,β-unsaturated/α-hetero) is 1. The molecule has 0 saturated heterocycles. The van der Waals surface area contributed by atoms with Crippen LogP contribution in [0, 0.1) is 10.1 Å². The van der Waals surface area contributed by atoms with Crippen LogP contribution in [0.5, 0.6) is 0 Å². The van der Waals surface area contributed by atoms with Crippen molar-refractivity contribution in [1.29, 1.82) is 0 Å². The minimum Gasteiger partial charge on any atom is -0.300 e. The Morgan fingerprint density at radius 2 is 1.83 bits per heavy atom. The van der Waals surface area contributed by atoms with E-state index >= 15 is 0 Å². The number of carbonyl (C=O) groups excluding carboxylic acids is 1. The van der Waals surface area contributed by atoms with Crippen LogP contribution in [0.1, 0.15) is 25.7 Å². The van der Waals surface area contributed by atoms with E-state index in [1.54, 1.807) is 6.07 Å². The van der Waals surface area contributed by atoms with Gasteiger partial charge >= 0.3 is 0 Å². The molecule has 2 aliphatic rings. The summed E-state index contributed by atoms with van der Waals surface area (Å²) in [5.41, 5.74) is -0.525. The minimum absolute atomic E-state index is 0.0247. The number of hydrogen-bond acceptors (Lipinski definition) is 5. The predicted molar refractivity (Wildman–Crippen MR) is 61.6 cm³/mol. The average molecular weight is 245 g/mol. The molecule has 0 N–H and O–H groups in total. The van der Waals surface area contributed by atoms with Gasteiger partial charge in [-0.1, -0.05) is 0 Å². The standard InChI is InChI=1S/C12H11N3O3/c16-9-3-5-12(6-4-9)13-10-2-1-8(15(17)18)7-11(10)14-12/h1-2,7H,3-6H2. The third-order valence-electron chi connectivity index (χ3n) is 3.44. The monoisotopic (exact) mass is 245 g/mol. The SMILES string of the molecule is O=C1CCC2(CC1)N=c1ccc([N+](=O)[O-])cc1=N2. The molecule has 1 aromatic carbocycles. The number of non-ortho nitro benzene ring substituents is 1. The van der Waals surface area contributed by atoms with Gasteiger partial charge in [0.15, 0.2) is 5.66 Å². The van der Waals surface area contributed by atoms with Crippen molar-refractivity contribution < 1.29 is 9.72 Å². The number of nitro benzene ring substituents is 1. The normalized spacial score (nSPS) is 20.1. The lowest BCUT2D eigenvalue weighted by molar-refractivity contribution is -0.385. The summed E-state index contributed by atoms with van der Waals surface area (Å²) in [4.78, 5) is 30.5. The Labute approximate surface area is 102 Å². The summed E-state index contributed by atoms with van der Waals surface area (Å²) < 4.78 is 0. The maximum atomic E-state index is 11.2. The van der Waals surface area contributed by atoms with E-state index in [2.05, 4.69) is 9.98 Å². The molecule has 1 fully saturated rings. The molecule has 6 heteroatoms. The molecule has 6 nitrogen and oxygen atoms in total. The number of carbonyl (C=O) groups is 1. The molecule has 0 atom stereocenters. The highest BCUT2D eigenvalue weighted by atomic mass is 16.6. The molecule has 0 radical (unpaired) electrons. The quantitative estimate of drug-likeness (QED) is 0.538. The van der Waals surface area contributed by atoms with Gasteiger partial charge in [0.05, 0.1) is 15.6 Å². The smallest absolute Gasteiger partial charge is 0.271 e. The van der Waals surface area contributed by atoms with Gasteiger partial charge in [0.2, 0.25) is 0 Å². The number of rotatable bonds is 1. The second kappa shape index (κ2) is 3.69. The van der Waals surface area contributed by atoms with E-state index in [-0.39, 0.29) is 11.5 Å². The second-order valence-electron chi connectivity index (χ2n) is 4.67. The Hall–Kier alpha value is -2.11. The average Bonchev–Trinajstić information content (AvgIpc) is 2.70. The van der Waals surface area contributed by atoms with E-state index in [1.165, 1.54) is 12.1 Å². The van der Waals surface area contributed by atoms with Crippen molar-refractivity contribution in [2.45, 2.75) is 31.3 Å². The van der Waals surface area contributed by atoms with Crippen LogP contribution in [0.25, 0.3) is 0 Å². The molecule has 1 spiro atoms. The molecule has 1 heterocycles. The Morgan fingerprint density at radius 1 is 1.17 bits per heavy atom. The number of fused-ring (bicyclic) bond motifs is 1. The van der Waals surface area contributed by atoms with Crippen molar-refractivity contribution in [1.82, 2.24) is 0 Å². The number of benzene rings is 1. The van der Waals surface area contributed by atoms with E-state index in [1.807, 2.05) is 0 Å². The Morgan fingerprint density at radius 3 is 2.50 bits per heavy atom. The minimum atomic E-state index is -0.550. The molecule has 0 aromatic heterocycles. The van der Waals surface area contributed by atoms with Crippen LogP contribution in [0.2, 0.25) is 0 Å². The van der Waals surface area contributed by atoms with Crippen LogP contribution in [0.15, 0.2) is 28.2 Å². The molecule has 1 aromatic rings. The summed E-state index contributed by atoms with van der Waals surface area (Å²) >= 11 is 0. The fourth-order valence-corrected chi connectivity index (χ4v) is 2.44. The fourth-order valence-electron chi connectivity index (χ4n) is 2.44. The van der Waals surface area contributed by atoms with Crippen LogP contribution in [-0.4, -0.2) is 16.4 Å². The van der Waals surface area contributed by atoms with Gasteiger partial charge in [-0.15, -0.1) is 0 Å². The molecular weight excluding hydrogens is 234 g/mol. The number of hydrogen-bond donors (Lipinski definition) is 0. The zero-order chi connectivity index (χ0) is 12.8. The van der Waals surface area contributed by atoms with Crippen molar-refractivity contribution >= 4 is 11.5 Å². The van der Waals surface area contributed by atoms with E-state index in [4.69, 9.17) is 0 Å². The van der Waals surface area contributed by atoms with Crippen LogP contribution in [-0.2, 0) is 4.79 Å². The zero-order valence-corrected chi connectivity index (χ0v) is 9.63. The summed E-state index contributed by atoms with van der Waals surface area (Å²) in [6.07, 6.45) is 2.19. The van der Waals surface area contributed by atoms with Crippen molar-refractivity contribution in [3.8, 4) is 0 Å². The first-order valence-electron chi connectivity index (χ1n) is 5.84. The van der Waals surface area contributed by atoms with Gasteiger partial charge in [-0.05, 0) is 18.9 Å². The summed E-state index contributed by atoms with van der Waals surface area (Å²) in [7, 11) is 0. The van der Waals surface area contributed by atoms with E-state index < -0.39 is 10.6 Å². The van der Waals surface area contributed by atoms with Gasteiger partial charge in [0, 0.05) is 25.0 Å². The first-order chi connectivity index (χ1) is 8.58. The molecule has 18 heavy (non-hydrogen) atoms. The summed E-state index contributed by atoms with van der Waals surface area (Å²) in [6.45, 7) is 0. The van der Waals surface area contributed by atoms with Crippen molar-refractivity contribution in [2.24, 2.45) is 9.98 Å². The summed E-state index contributed by atoms with van der Waals surface area (Å²) in [5, 5.41) is 12.0. The van der Waals surface area contributed by atoms with Crippen LogP contribution >= 0.6 is 0 Å². The molecule has 92 valence electrons. The lowest BCUT2D eigenvalue weighted by Crippen LogP contribution is -2.29. The highest BCUT2D eigenvalue weighted by Gasteiger charge is 2.35. The Balaban J connectivity index is 2.05. The van der Waals surface area contributed by atoms with Gasteiger partial charge in [-0.3, -0.25) is 24.9 Å². The van der Waals surface area contributed by atoms with Crippen molar-refractivity contribution in [3.63, 3.8) is 0 Å². The lowest BCUT2D eigenvalue weighted by atomic mass is 9.89.